The van der Waals surface area contributed by atoms with E-state index in [0.717, 1.165) is 4.70 Å². The summed E-state index contributed by atoms with van der Waals surface area (Å²) >= 11 is 7.17. The Labute approximate surface area is 139 Å². The van der Waals surface area contributed by atoms with Gasteiger partial charge in [0.05, 0.1) is 20.2 Å². The van der Waals surface area contributed by atoms with Gasteiger partial charge in [-0.1, -0.05) is 17.7 Å². The van der Waals surface area contributed by atoms with Crippen LogP contribution in [0.5, 0.6) is 11.5 Å². The Hall–Kier alpha value is -2.64. The van der Waals surface area contributed by atoms with Crippen LogP contribution >= 0.6 is 22.9 Å². The van der Waals surface area contributed by atoms with Crippen LogP contribution in [0.2, 0.25) is 5.02 Å². The molecule has 0 spiro atoms. The topological polar surface area (TPSA) is 96.5 Å². The maximum Gasteiger partial charge on any atom is 0.271 e. The summed E-state index contributed by atoms with van der Waals surface area (Å²) in [6.45, 7) is 0. The number of aromatic nitrogens is 1. The summed E-state index contributed by atoms with van der Waals surface area (Å²) in [6, 6.07) is 7.39. The molecule has 2 aromatic carbocycles. The summed E-state index contributed by atoms with van der Waals surface area (Å²) in [5.74, 6) is -0.673. The number of phenols is 2. The first-order valence-corrected chi connectivity index (χ1v) is 7.58. The third-order valence-corrected chi connectivity index (χ3v) is 4.37. The smallest absolute Gasteiger partial charge is 0.271 e. The van der Waals surface area contributed by atoms with Crippen LogP contribution in [-0.2, 0) is 0 Å². The van der Waals surface area contributed by atoms with Crippen LogP contribution in [0.25, 0.3) is 22.4 Å². The molecule has 0 radical (unpaired) electrons. The summed E-state index contributed by atoms with van der Waals surface area (Å²) in [5, 5.41) is 30.4. The fraction of sp³-hybridized carbons (Fsp3) is 0. The van der Waals surface area contributed by atoms with Crippen LogP contribution in [0.3, 0.4) is 0 Å². The number of rotatable bonds is 3. The Bertz CT molecular complexity index is 929. The molecule has 1 aromatic heterocycles. The van der Waals surface area contributed by atoms with E-state index in [-0.39, 0.29) is 22.2 Å². The average Bonchev–Trinajstić information content (AvgIpc) is 2.92. The summed E-state index contributed by atoms with van der Waals surface area (Å²) < 4.78 is 0.835. The number of fused-ring (bicyclic) bond motifs is 1. The van der Waals surface area contributed by atoms with Gasteiger partial charge in [0, 0.05) is 12.1 Å². The standard InChI is InChI=1S/C15H9ClN2O4S/c16-10-5-8(6-12(19)15(10)20)1-4-14-17-11-7-9(18(21)22)2-3-13(11)23-14/h1-7,19-20H/b4-1+. The van der Waals surface area contributed by atoms with Crippen molar-refractivity contribution in [3.05, 3.63) is 56.0 Å². The molecular formula is C15H9ClN2O4S. The van der Waals surface area contributed by atoms with Gasteiger partial charge in [0.25, 0.3) is 5.69 Å². The number of nitro groups is 1. The van der Waals surface area contributed by atoms with Crippen LogP contribution < -0.4 is 0 Å². The molecule has 3 aromatic rings. The number of non-ortho nitro benzene ring substituents is 1. The van der Waals surface area contributed by atoms with Crippen LogP contribution in [0.1, 0.15) is 10.6 Å². The van der Waals surface area contributed by atoms with Crippen LogP contribution in [-0.4, -0.2) is 20.1 Å². The van der Waals surface area contributed by atoms with Crippen molar-refractivity contribution < 1.29 is 15.1 Å². The molecule has 23 heavy (non-hydrogen) atoms. The molecule has 0 bridgehead atoms. The molecule has 3 rings (SSSR count). The van der Waals surface area contributed by atoms with Gasteiger partial charge < -0.3 is 10.2 Å². The van der Waals surface area contributed by atoms with Crippen molar-refractivity contribution in [3.8, 4) is 11.5 Å². The number of nitro benzene ring substituents is 1. The summed E-state index contributed by atoms with van der Waals surface area (Å²) in [5.41, 5.74) is 1.14. The highest BCUT2D eigenvalue weighted by atomic mass is 35.5. The molecule has 0 fully saturated rings. The first-order chi connectivity index (χ1) is 10.9. The highest BCUT2D eigenvalue weighted by Gasteiger charge is 2.09. The predicted octanol–water partition coefficient (Wildman–Crippen LogP) is 4.44. The van der Waals surface area contributed by atoms with E-state index in [1.54, 1.807) is 18.2 Å². The van der Waals surface area contributed by atoms with E-state index >= 15 is 0 Å². The lowest BCUT2D eigenvalue weighted by molar-refractivity contribution is -0.384. The number of halogens is 1. The lowest BCUT2D eigenvalue weighted by Gasteiger charge is -2.01. The number of aromatic hydroxyl groups is 2. The Morgan fingerprint density at radius 3 is 2.70 bits per heavy atom. The molecular weight excluding hydrogens is 340 g/mol. The van der Waals surface area contributed by atoms with E-state index in [1.165, 1.54) is 35.6 Å². The zero-order chi connectivity index (χ0) is 16.6. The number of nitrogens with zero attached hydrogens (tertiary/aromatic N) is 2. The average molecular weight is 349 g/mol. The second-order valence-electron chi connectivity index (χ2n) is 4.67. The number of benzene rings is 2. The van der Waals surface area contributed by atoms with Crippen molar-refractivity contribution in [2.24, 2.45) is 0 Å². The maximum absolute atomic E-state index is 10.8. The van der Waals surface area contributed by atoms with Crippen molar-refractivity contribution in [2.45, 2.75) is 0 Å². The molecule has 6 nitrogen and oxygen atoms in total. The Morgan fingerprint density at radius 2 is 2.00 bits per heavy atom. The molecule has 0 aliphatic carbocycles. The monoisotopic (exact) mass is 348 g/mol. The largest absolute Gasteiger partial charge is 0.504 e. The fourth-order valence-electron chi connectivity index (χ4n) is 1.99. The molecule has 0 unspecified atom stereocenters. The van der Waals surface area contributed by atoms with E-state index in [0.29, 0.717) is 16.1 Å². The van der Waals surface area contributed by atoms with Crippen molar-refractivity contribution in [3.63, 3.8) is 0 Å². The van der Waals surface area contributed by atoms with Gasteiger partial charge in [-0.05, 0) is 29.8 Å². The first-order valence-electron chi connectivity index (χ1n) is 6.38. The fourth-order valence-corrected chi connectivity index (χ4v) is 3.06. The Morgan fingerprint density at radius 1 is 1.22 bits per heavy atom. The maximum atomic E-state index is 10.8. The molecule has 8 heteroatoms. The number of thiazole rings is 1. The normalized spacial score (nSPS) is 11.3. The highest BCUT2D eigenvalue weighted by Crippen LogP contribution is 2.34. The van der Waals surface area contributed by atoms with E-state index in [1.807, 2.05) is 0 Å². The molecule has 1 heterocycles. The Kier molecular flexibility index (Phi) is 3.89. The van der Waals surface area contributed by atoms with Crippen molar-refractivity contribution in [1.29, 1.82) is 0 Å². The highest BCUT2D eigenvalue weighted by molar-refractivity contribution is 7.19. The van der Waals surface area contributed by atoms with Gasteiger partial charge in [-0.3, -0.25) is 10.1 Å². The lowest BCUT2D eigenvalue weighted by atomic mass is 10.2. The van der Waals surface area contributed by atoms with Crippen molar-refractivity contribution >= 4 is 51.0 Å². The third-order valence-electron chi connectivity index (χ3n) is 3.08. The third kappa shape index (κ3) is 3.10. The second-order valence-corrected chi connectivity index (χ2v) is 6.13. The van der Waals surface area contributed by atoms with Gasteiger partial charge in [0.15, 0.2) is 11.5 Å². The minimum absolute atomic E-state index is 0.00596. The molecule has 0 aliphatic rings. The minimum Gasteiger partial charge on any atom is -0.504 e. The number of hydrogen-bond donors (Lipinski definition) is 2. The zero-order valence-corrected chi connectivity index (χ0v) is 13.0. The van der Waals surface area contributed by atoms with Gasteiger partial charge >= 0.3 is 0 Å². The lowest BCUT2D eigenvalue weighted by Crippen LogP contribution is -1.86. The molecule has 0 atom stereocenters. The first kappa shape index (κ1) is 15.3. The summed E-state index contributed by atoms with van der Waals surface area (Å²) in [6.07, 6.45) is 3.38. The van der Waals surface area contributed by atoms with Crippen LogP contribution in [0.15, 0.2) is 30.3 Å². The van der Waals surface area contributed by atoms with Crippen LogP contribution in [0.4, 0.5) is 5.69 Å². The van der Waals surface area contributed by atoms with Gasteiger partial charge in [0.1, 0.15) is 5.01 Å². The molecule has 116 valence electrons. The van der Waals surface area contributed by atoms with Crippen molar-refractivity contribution in [2.75, 3.05) is 0 Å². The predicted molar refractivity (Wildman–Crippen MR) is 90.0 cm³/mol. The van der Waals surface area contributed by atoms with E-state index in [2.05, 4.69) is 4.98 Å². The molecule has 0 saturated heterocycles. The summed E-state index contributed by atoms with van der Waals surface area (Å²) in [4.78, 5) is 14.6. The molecule has 2 N–H and O–H groups in total. The number of phenolic OH excluding ortho intramolecular Hbond substituents is 2. The molecule has 0 aliphatic heterocycles. The van der Waals surface area contributed by atoms with E-state index in [9.17, 15) is 20.3 Å². The molecule has 0 amide bonds. The van der Waals surface area contributed by atoms with Gasteiger partial charge in [-0.15, -0.1) is 11.3 Å². The number of hydrogen-bond acceptors (Lipinski definition) is 6. The van der Waals surface area contributed by atoms with E-state index < -0.39 is 4.92 Å². The minimum atomic E-state index is -0.463. The SMILES string of the molecule is O=[N+]([O-])c1ccc2sc(/C=C/c3cc(O)c(O)c(Cl)c3)nc2c1. The van der Waals surface area contributed by atoms with Crippen molar-refractivity contribution in [1.82, 2.24) is 4.98 Å². The zero-order valence-electron chi connectivity index (χ0n) is 11.4. The van der Waals surface area contributed by atoms with Gasteiger partial charge in [-0.25, -0.2) is 4.98 Å². The summed E-state index contributed by atoms with van der Waals surface area (Å²) in [7, 11) is 0. The molecule has 0 saturated carbocycles. The second kappa shape index (κ2) is 5.86. The quantitative estimate of drug-likeness (QED) is 0.414. The van der Waals surface area contributed by atoms with Gasteiger partial charge in [-0.2, -0.15) is 0 Å². The van der Waals surface area contributed by atoms with Crippen LogP contribution in [0, 0.1) is 10.1 Å². The Balaban J connectivity index is 1.93. The van der Waals surface area contributed by atoms with E-state index in [4.69, 9.17) is 11.6 Å². The van der Waals surface area contributed by atoms with Gasteiger partial charge in [0.2, 0.25) is 0 Å².